The highest BCUT2D eigenvalue weighted by Crippen LogP contribution is 2.06. The Morgan fingerprint density at radius 3 is 1.88 bits per heavy atom. The van der Waals surface area contributed by atoms with Gasteiger partial charge in [0, 0.05) is 13.1 Å². The first-order valence-electron chi connectivity index (χ1n) is 3.36. The van der Waals surface area contributed by atoms with E-state index in [0.717, 1.165) is 13.1 Å². The minimum absolute atomic E-state index is 0.986. The summed E-state index contributed by atoms with van der Waals surface area (Å²) in [5.74, 6) is 7.25. The Bertz CT molecular complexity index is 55.5. The minimum Gasteiger partial charge on any atom is -0.230 e. The molecule has 0 aliphatic carbocycles. The lowest BCUT2D eigenvalue weighted by molar-refractivity contribution is 0.278. The molecule has 2 heteroatoms. The third kappa shape index (κ3) is 1.80. The Balaban J connectivity index is 2.17. The second-order valence-electron chi connectivity index (χ2n) is 2.40. The van der Waals surface area contributed by atoms with Crippen molar-refractivity contribution in [3.05, 3.63) is 0 Å². The monoisotopic (exact) mass is 113 g/mol. The molecule has 0 atom stereocenters. The van der Waals surface area contributed by atoms with Gasteiger partial charge in [-0.05, 0) is 12.8 Å². The molecule has 0 unspecified atom stereocenters. The molecule has 1 saturated heterocycles. The molecular formula is C6H13N2. The number of hydrogen-bond acceptors (Lipinski definition) is 1. The largest absolute Gasteiger partial charge is 0.230 e. The summed E-state index contributed by atoms with van der Waals surface area (Å²) < 4.78 is 0. The molecule has 1 fully saturated rings. The summed E-state index contributed by atoms with van der Waals surface area (Å²) in [6.45, 7) is 1.97. The third-order valence-electron chi connectivity index (χ3n) is 1.61. The van der Waals surface area contributed by atoms with Gasteiger partial charge in [-0.15, -0.1) is 0 Å². The van der Waals surface area contributed by atoms with Crippen LogP contribution >= 0.6 is 0 Å². The van der Waals surface area contributed by atoms with Crippen molar-refractivity contribution < 1.29 is 0 Å². The van der Waals surface area contributed by atoms with Gasteiger partial charge in [-0.2, -0.15) is 5.84 Å². The predicted molar refractivity (Wildman–Crippen MR) is 33.1 cm³/mol. The number of nitrogens with one attached hydrogen (secondary N) is 1. The normalized spacial score (nSPS) is 25.1. The van der Waals surface area contributed by atoms with Gasteiger partial charge < -0.3 is 0 Å². The lowest BCUT2D eigenvalue weighted by Crippen LogP contribution is -2.21. The second-order valence-corrected chi connectivity index (χ2v) is 2.40. The first-order valence-corrected chi connectivity index (χ1v) is 3.36. The molecule has 1 radical (unpaired) electrons. The number of nitrogens with zero attached hydrogens (tertiary/aromatic N) is 1. The van der Waals surface area contributed by atoms with Crippen molar-refractivity contribution in [3.8, 4) is 0 Å². The first-order chi connectivity index (χ1) is 3.89. The molecule has 2 nitrogen and oxygen atoms in total. The highest BCUT2D eigenvalue weighted by Gasteiger charge is 2.02. The van der Waals surface area contributed by atoms with Crippen LogP contribution in [0.4, 0.5) is 0 Å². The van der Waals surface area contributed by atoms with Crippen molar-refractivity contribution >= 4 is 0 Å². The molecule has 0 spiro atoms. The van der Waals surface area contributed by atoms with Crippen LogP contribution in [-0.4, -0.2) is 18.1 Å². The average molecular weight is 113 g/mol. The SMILES string of the molecule is [NH]N1CCCCCC1. The van der Waals surface area contributed by atoms with E-state index in [0.29, 0.717) is 0 Å². The van der Waals surface area contributed by atoms with Gasteiger partial charge in [0.05, 0.1) is 0 Å². The van der Waals surface area contributed by atoms with E-state index in [1.807, 2.05) is 0 Å². The molecular weight excluding hydrogens is 100 g/mol. The highest BCUT2D eigenvalue weighted by atomic mass is 15.4. The van der Waals surface area contributed by atoms with Gasteiger partial charge in [-0.1, -0.05) is 12.8 Å². The maximum Gasteiger partial charge on any atom is 0.0144 e. The van der Waals surface area contributed by atoms with Crippen LogP contribution < -0.4 is 5.84 Å². The van der Waals surface area contributed by atoms with Gasteiger partial charge in [0.25, 0.3) is 0 Å². The molecule has 1 heterocycles. The van der Waals surface area contributed by atoms with E-state index < -0.39 is 0 Å². The van der Waals surface area contributed by atoms with Crippen LogP contribution in [0.5, 0.6) is 0 Å². The quantitative estimate of drug-likeness (QED) is 0.461. The van der Waals surface area contributed by atoms with Gasteiger partial charge in [0.1, 0.15) is 0 Å². The maximum atomic E-state index is 7.25. The molecule has 1 aliphatic heterocycles. The molecule has 0 aromatic heterocycles. The van der Waals surface area contributed by atoms with Crippen molar-refractivity contribution in [3.63, 3.8) is 0 Å². The molecule has 8 heavy (non-hydrogen) atoms. The zero-order chi connectivity index (χ0) is 5.82. The van der Waals surface area contributed by atoms with Gasteiger partial charge in [-0.25, -0.2) is 5.01 Å². The minimum atomic E-state index is 0.986. The topological polar surface area (TPSA) is 27.0 Å². The summed E-state index contributed by atoms with van der Waals surface area (Å²) >= 11 is 0. The van der Waals surface area contributed by atoms with Crippen LogP contribution in [0.3, 0.4) is 0 Å². The Labute approximate surface area is 50.6 Å². The summed E-state index contributed by atoms with van der Waals surface area (Å²) in [4.78, 5) is 0. The summed E-state index contributed by atoms with van der Waals surface area (Å²) in [6, 6.07) is 0. The molecule has 0 aromatic carbocycles. The molecule has 0 bridgehead atoms. The van der Waals surface area contributed by atoms with E-state index in [9.17, 15) is 0 Å². The molecule has 0 saturated carbocycles. The van der Waals surface area contributed by atoms with E-state index in [2.05, 4.69) is 0 Å². The van der Waals surface area contributed by atoms with Crippen LogP contribution in [0.2, 0.25) is 0 Å². The number of rotatable bonds is 0. The zero-order valence-corrected chi connectivity index (χ0v) is 5.19. The van der Waals surface area contributed by atoms with Gasteiger partial charge >= 0.3 is 0 Å². The molecule has 1 rings (SSSR count). The summed E-state index contributed by atoms with van der Waals surface area (Å²) in [7, 11) is 0. The molecule has 0 amide bonds. The van der Waals surface area contributed by atoms with E-state index in [4.69, 9.17) is 5.84 Å². The second kappa shape index (κ2) is 3.05. The van der Waals surface area contributed by atoms with Crippen LogP contribution in [-0.2, 0) is 0 Å². The first kappa shape index (κ1) is 6.05. The van der Waals surface area contributed by atoms with Crippen LogP contribution in [0.15, 0.2) is 0 Å². The Morgan fingerprint density at radius 2 is 1.38 bits per heavy atom. The van der Waals surface area contributed by atoms with Gasteiger partial charge in [-0.3, -0.25) is 0 Å². The zero-order valence-electron chi connectivity index (χ0n) is 5.19. The Morgan fingerprint density at radius 1 is 0.875 bits per heavy atom. The fourth-order valence-electron chi connectivity index (χ4n) is 1.07. The fourth-order valence-corrected chi connectivity index (χ4v) is 1.07. The maximum absolute atomic E-state index is 7.25. The summed E-state index contributed by atoms with van der Waals surface area (Å²) in [5.41, 5.74) is 0. The van der Waals surface area contributed by atoms with Crippen molar-refractivity contribution in [2.75, 3.05) is 13.1 Å². The van der Waals surface area contributed by atoms with Gasteiger partial charge in [0.2, 0.25) is 0 Å². The van der Waals surface area contributed by atoms with Crippen molar-refractivity contribution in [1.82, 2.24) is 10.9 Å². The predicted octanol–water partition coefficient (Wildman–Crippen LogP) is 1.06. The summed E-state index contributed by atoms with van der Waals surface area (Å²) in [6.07, 6.45) is 5.11. The van der Waals surface area contributed by atoms with Crippen LogP contribution in [0.25, 0.3) is 0 Å². The molecule has 1 N–H and O–H groups in total. The van der Waals surface area contributed by atoms with Crippen molar-refractivity contribution in [1.29, 1.82) is 0 Å². The highest BCUT2D eigenvalue weighted by molar-refractivity contribution is 4.55. The molecule has 47 valence electrons. The van der Waals surface area contributed by atoms with Crippen LogP contribution in [0.1, 0.15) is 25.7 Å². The molecule has 1 aliphatic rings. The number of hydrogen-bond donors (Lipinski definition) is 0. The molecule has 0 aromatic rings. The van der Waals surface area contributed by atoms with Crippen molar-refractivity contribution in [2.45, 2.75) is 25.7 Å². The Hall–Kier alpha value is -0.0800. The van der Waals surface area contributed by atoms with Crippen LogP contribution in [0, 0.1) is 0 Å². The fraction of sp³-hybridized carbons (Fsp3) is 1.00. The van der Waals surface area contributed by atoms with Gasteiger partial charge in [0.15, 0.2) is 0 Å². The lowest BCUT2D eigenvalue weighted by Gasteiger charge is -2.08. The smallest absolute Gasteiger partial charge is 0.0144 e. The standard InChI is InChI=1S/C6H13N2/c7-8-5-3-1-2-4-6-8/h7H,1-6H2. The average Bonchev–Trinajstić information content (AvgIpc) is 1.94. The van der Waals surface area contributed by atoms with E-state index in [1.165, 1.54) is 25.7 Å². The van der Waals surface area contributed by atoms with E-state index >= 15 is 0 Å². The van der Waals surface area contributed by atoms with Crippen molar-refractivity contribution in [2.24, 2.45) is 0 Å². The third-order valence-corrected chi connectivity index (χ3v) is 1.61. The van der Waals surface area contributed by atoms with E-state index in [-0.39, 0.29) is 0 Å². The lowest BCUT2D eigenvalue weighted by atomic mass is 10.2. The summed E-state index contributed by atoms with van der Waals surface area (Å²) in [5, 5.41) is 1.67. The van der Waals surface area contributed by atoms with E-state index in [1.54, 1.807) is 5.01 Å². The Kier molecular flexibility index (Phi) is 2.30.